The highest BCUT2D eigenvalue weighted by molar-refractivity contribution is 5.80. The number of nitrogens with zero attached hydrogens (tertiary/aromatic N) is 4. The highest BCUT2D eigenvalue weighted by Gasteiger charge is 2.24. The molecule has 0 aliphatic rings. The van der Waals surface area contributed by atoms with E-state index in [2.05, 4.69) is 56.5 Å². The van der Waals surface area contributed by atoms with Crippen LogP contribution in [-0.2, 0) is 17.9 Å². The van der Waals surface area contributed by atoms with Gasteiger partial charge in [-0.2, -0.15) is 5.21 Å². The number of nitrogens with one attached hydrogen (secondary N) is 2. The van der Waals surface area contributed by atoms with Crippen LogP contribution in [0, 0.1) is 11.8 Å². The number of tetrazole rings is 1. The zero-order valence-corrected chi connectivity index (χ0v) is 18.4. The summed E-state index contributed by atoms with van der Waals surface area (Å²) in [5.74, 6) is 0.908. The largest absolute Gasteiger partial charge is 0.353 e. The van der Waals surface area contributed by atoms with Crippen LogP contribution in [0.15, 0.2) is 73.1 Å². The lowest BCUT2D eigenvalue weighted by Crippen LogP contribution is -2.36. The Morgan fingerprint density at radius 1 is 1.03 bits per heavy atom. The number of carbonyl (C=O) groups is 1. The van der Waals surface area contributed by atoms with Gasteiger partial charge < -0.3 is 9.88 Å². The summed E-state index contributed by atoms with van der Waals surface area (Å²) in [7, 11) is 0. The van der Waals surface area contributed by atoms with Crippen molar-refractivity contribution < 1.29 is 4.79 Å². The third kappa shape index (κ3) is 4.94. The van der Waals surface area contributed by atoms with Crippen molar-refractivity contribution >= 4 is 5.91 Å². The predicted octanol–water partition coefficient (Wildman–Crippen LogP) is 4.31. The normalized spacial score (nSPS) is 12.9. The first kappa shape index (κ1) is 21.5. The van der Waals surface area contributed by atoms with Gasteiger partial charge in [0.05, 0.1) is 5.92 Å². The number of aromatic amines is 1. The quantitative estimate of drug-likeness (QED) is 0.416. The Kier molecular flexibility index (Phi) is 6.75. The van der Waals surface area contributed by atoms with E-state index in [1.54, 1.807) is 0 Å². The molecule has 0 radical (unpaired) electrons. The highest BCUT2D eigenvalue weighted by atomic mass is 16.1. The Morgan fingerprint density at radius 3 is 2.41 bits per heavy atom. The molecule has 0 bridgehead atoms. The maximum Gasteiger partial charge on any atom is 0.225 e. The molecule has 4 aromatic rings. The summed E-state index contributed by atoms with van der Waals surface area (Å²) in [4.78, 5) is 13.0. The number of aromatic nitrogens is 5. The fourth-order valence-electron chi connectivity index (χ4n) is 3.85. The first-order valence-electron chi connectivity index (χ1n) is 11.0. The van der Waals surface area contributed by atoms with E-state index in [1.807, 2.05) is 60.9 Å². The van der Waals surface area contributed by atoms with Gasteiger partial charge in [-0.15, -0.1) is 10.2 Å². The van der Waals surface area contributed by atoms with Gasteiger partial charge in [0.2, 0.25) is 11.7 Å². The first-order valence-corrected chi connectivity index (χ1v) is 11.0. The van der Waals surface area contributed by atoms with E-state index in [1.165, 1.54) is 0 Å². The van der Waals surface area contributed by atoms with Crippen molar-refractivity contribution in [3.8, 4) is 22.5 Å². The molecule has 2 heterocycles. The van der Waals surface area contributed by atoms with E-state index >= 15 is 0 Å². The molecule has 7 nitrogen and oxygen atoms in total. The lowest BCUT2D eigenvalue weighted by molar-refractivity contribution is -0.127. The summed E-state index contributed by atoms with van der Waals surface area (Å²) in [5.41, 5.74) is 4.07. The minimum atomic E-state index is -0.0616. The molecule has 0 saturated carbocycles. The second kappa shape index (κ2) is 10.0. The predicted molar refractivity (Wildman–Crippen MR) is 124 cm³/mol. The fourth-order valence-corrected chi connectivity index (χ4v) is 3.85. The molecule has 1 unspecified atom stereocenters. The molecule has 164 valence electrons. The molecule has 1 amide bonds. The van der Waals surface area contributed by atoms with Crippen molar-refractivity contribution in [2.75, 3.05) is 0 Å². The Bertz CT molecular complexity index is 1120. The molecule has 2 atom stereocenters. The van der Waals surface area contributed by atoms with Crippen LogP contribution < -0.4 is 5.32 Å². The van der Waals surface area contributed by atoms with E-state index in [-0.39, 0.29) is 11.8 Å². The smallest absolute Gasteiger partial charge is 0.225 e. The van der Waals surface area contributed by atoms with Crippen LogP contribution in [0.1, 0.15) is 25.8 Å². The summed E-state index contributed by atoms with van der Waals surface area (Å²) in [6, 6.07) is 20.2. The molecule has 0 aliphatic carbocycles. The van der Waals surface area contributed by atoms with Crippen LogP contribution in [0.2, 0.25) is 0 Å². The lowest BCUT2D eigenvalue weighted by Gasteiger charge is -2.23. The molecule has 0 saturated heterocycles. The lowest BCUT2D eigenvalue weighted by atomic mass is 9.90. The molecular formula is C25H28N6O. The van der Waals surface area contributed by atoms with Crippen LogP contribution in [0.3, 0.4) is 0 Å². The van der Waals surface area contributed by atoms with Crippen molar-refractivity contribution in [1.82, 2.24) is 30.5 Å². The highest BCUT2D eigenvalue weighted by Crippen LogP contribution is 2.29. The van der Waals surface area contributed by atoms with Crippen LogP contribution in [0.5, 0.6) is 0 Å². The number of hydrogen-bond acceptors (Lipinski definition) is 4. The van der Waals surface area contributed by atoms with Crippen LogP contribution in [0.25, 0.3) is 22.5 Å². The third-order valence-corrected chi connectivity index (χ3v) is 5.99. The zero-order chi connectivity index (χ0) is 22.3. The standard InChI is InChI=1S/C25H28N6O/c1-3-18(2)23(17-31-14-6-7-15-31)25(32)26-16-19-10-12-20(13-11-19)21-8-4-5-9-22(21)24-27-29-30-28-24/h4-15,18,23H,3,16-17H2,1-2H3,(H,26,32)(H,27,28,29,30)/t18?,23-/m1/s1. The third-order valence-electron chi connectivity index (χ3n) is 5.99. The Hall–Kier alpha value is -3.74. The van der Waals surface area contributed by atoms with Gasteiger partial charge in [0.15, 0.2) is 0 Å². The van der Waals surface area contributed by atoms with Gasteiger partial charge in [-0.1, -0.05) is 68.8 Å². The van der Waals surface area contributed by atoms with Crippen LogP contribution in [-0.4, -0.2) is 31.1 Å². The molecule has 2 N–H and O–H groups in total. The minimum Gasteiger partial charge on any atom is -0.353 e. The summed E-state index contributed by atoms with van der Waals surface area (Å²) >= 11 is 0. The van der Waals surface area contributed by atoms with Crippen molar-refractivity contribution in [2.24, 2.45) is 11.8 Å². The Balaban J connectivity index is 1.43. The summed E-state index contributed by atoms with van der Waals surface area (Å²) < 4.78 is 2.08. The van der Waals surface area contributed by atoms with E-state index in [0.717, 1.165) is 28.7 Å². The maximum absolute atomic E-state index is 13.0. The second-order valence-electron chi connectivity index (χ2n) is 8.07. The van der Waals surface area contributed by atoms with E-state index in [4.69, 9.17) is 0 Å². The fraction of sp³-hybridized carbons (Fsp3) is 0.280. The Morgan fingerprint density at radius 2 is 1.75 bits per heavy atom. The van der Waals surface area contributed by atoms with Gasteiger partial charge in [-0.3, -0.25) is 4.79 Å². The topological polar surface area (TPSA) is 88.5 Å². The van der Waals surface area contributed by atoms with E-state index < -0.39 is 0 Å². The number of hydrogen-bond donors (Lipinski definition) is 2. The first-order chi connectivity index (χ1) is 15.7. The Labute approximate surface area is 187 Å². The second-order valence-corrected chi connectivity index (χ2v) is 8.07. The molecule has 2 aromatic carbocycles. The molecule has 2 aromatic heterocycles. The van der Waals surface area contributed by atoms with Crippen LogP contribution >= 0.6 is 0 Å². The van der Waals surface area contributed by atoms with E-state index in [9.17, 15) is 4.79 Å². The van der Waals surface area contributed by atoms with Gasteiger partial charge in [-0.05, 0) is 40.0 Å². The van der Waals surface area contributed by atoms with Crippen molar-refractivity contribution in [1.29, 1.82) is 0 Å². The average Bonchev–Trinajstić information content (AvgIpc) is 3.55. The summed E-state index contributed by atoms with van der Waals surface area (Å²) in [6.45, 7) is 5.47. The molecular weight excluding hydrogens is 400 g/mol. The van der Waals surface area contributed by atoms with Gasteiger partial charge in [0.25, 0.3) is 0 Å². The van der Waals surface area contributed by atoms with Crippen LogP contribution in [0.4, 0.5) is 0 Å². The molecule has 4 rings (SSSR count). The van der Waals surface area contributed by atoms with Gasteiger partial charge in [-0.25, -0.2) is 0 Å². The molecule has 32 heavy (non-hydrogen) atoms. The summed E-state index contributed by atoms with van der Waals surface area (Å²) in [6.07, 6.45) is 4.98. The number of H-pyrrole nitrogens is 1. The molecule has 0 fully saturated rings. The van der Waals surface area contributed by atoms with Crippen molar-refractivity contribution in [3.05, 3.63) is 78.6 Å². The number of amides is 1. The summed E-state index contributed by atoms with van der Waals surface area (Å²) in [5, 5.41) is 17.5. The van der Waals surface area contributed by atoms with E-state index in [0.29, 0.717) is 24.8 Å². The molecule has 7 heteroatoms. The van der Waals surface area contributed by atoms with Crippen molar-refractivity contribution in [3.63, 3.8) is 0 Å². The maximum atomic E-state index is 13.0. The van der Waals surface area contributed by atoms with Gasteiger partial charge in [0, 0.05) is 31.0 Å². The van der Waals surface area contributed by atoms with Crippen molar-refractivity contribution in [2.45, 2.75) is 33.4 Å². The number of carbonyl (C=O) groups excluding carboxylic acids is 1. The van der Waals surface area contributed by atoms with Gasteiger partial charge in [0.1, 0.15) is 0 Å². The monoisotopic (exact) mass is 428 g/mol. The zero-order valence-electron chi connectivity index (χ0n) is 18.4. The number of rotatable bonds is 9. The molecule has 0 spiro atoms. The average molecular weight is 429 g/mol. The molecule has 0 aliphatic heterocycles. The number of benzene rings is 2. The SMILES string of the molecule is CCC(C)[C@@H](Cn1cccc1)C(=O)NCc1ccc(-c2ccccc2-c2nn[nH]n2)cc1. The minimum absolute atomic E-state index is 0.0616. The van der Waals surface area contributed by atoms with Gasteiger partial charge >= 0.3 is 0 Å².